The Labute approximate surface area is 82.2 Å². The highest BCUT2D eigenvalue weighted by atomic mass is 35.5. The minimum absolute atomic E-state index is 0.596. The number of hydrogen-bond donors (Lipinski definition) is 0. The molecule has 2 nitrogen and oxygen atoms in total. The van der Waals surface area contributed by atoms with Crippen LogP contribution in [0.25, 0.3) is 0 Å². The van der Waals surface area contributed by atoms with Crippen molar-refractivity contribution in [1.29, 1.82) is 0 Å². The maximum atomic E-state index is 5.71. The van der Waals surface area contributed by atoms with E-state index >= 15 is 0 Å². The molecule has 0 aliphatic rings. The largest absolute Gasteiger partial charge is 0.351 e. The Hall–Kier alpha value is -0.280. The predicted octanol–water partition coefficient (Wildman–Crippen LogP) is 3.03. The Morgan fingerprint density at radius 1 is 1.67 bits per heavy atom. The zero-order valence-corrected chi connectivity index (χ0v) is 8.95. The van der Waals surface area contributed by atoms with Crippen molar-refractivity contribution < 1.29 is 0 Å². The van der Waals surface area contributed by atoms with E-state index in [4.69, 9.17) is 11.6 Å². The minimum atomic E-state index is 0.596. The molecule has 1 rings (SSSR count). The van der Waals surface area contributed by atoms with E-state index in [9.17, 15) is 0 Å². The monoisotopic (exact) mass is 204 g/mol. The molecule has 12 heavy (non-hydrogen) atoms. The van der Waals surface area contributed by atoms with Gasteiger partial charge in [-0.1, -0.05) is 24.9 Å². The number of aromatic nitrogens is 1. The number of thiazole rings is 1. The molecule has 1 aromatic rings. The van der Waals surface area contributed by atoms with E-state index < -0.39 is 0 Å². The maximum absolute atomic E-state index is 5.71. The number of anilines is 1. The Morgan fingerprint density at radius 2 is 2.42 bits per heavy atom. The van der Waals surface area contributed by atoms with E-state index in [1.165, 1.54) is 12.8 Å². The molecule has 0 aliphatic carbocycles. The van der Waals surface area contributed by atoms with Gasteiger partial charge < -0.3 is 4.90 Å². The van der Waals surface area contributed by atoms with Crippen molar-refractivity contribution in [3.05, 3.63) is 10.5 Å². The van der Waals surface area contributed by atoms with Crippen LogP contribution in [0.1, 0.15) is 19.8 Å². The van der Waals surface area contributed by atoms with Gasteiger partial charge in [0.15, 0.2) is 5.13 Å². The highest BCUT2D eigenvalue weighted by Gasteiger charge is 2.04. The SMILES string of the molecule is CCCCN(C)c1nc(Cl)cs1. The van der Waals surface area contributed by atoms with Gasteiger partial charge in [0, 0.05) is 19.0 Å². The maximum Gasteiger partial charge on any atom is 0.186 e. The van der Waals surface area contributed by atoms with Crippen LogP contribution in [0.15, 0.2) is 5.38 Å². The lowest BCUT2D eigenvalue weighted by Gasteiger charge is -2.14. The highest BCUT2D eigenvalue weighted by Crippen LogP contribution is 2.22. The van der Waals surface area contributed by atoms with E-state index in [2.05, 4.69) is 16.8 Å². The van der Waals surface area contributed by atoms with Crippen molar-refractivity contribution in [2.45, 2.75) is 19.8 Å². The Balaban J connectivity index is 2.47. The second kappa shape index (κ2) is 4.67. The zero-order chi connectivity index (χ0) is 8.97. The van der Waals surface area contributed by atoms with E-state index in [1.807, 2.05) is 12.4 Å². The molecule has 0 N–H and O–H groups in total. The number of rotatable bonds is 4. The zero-order valence-electron chi connectivity index (χ0n) is 7.38. The molecule has 0 amide bonds. The van der Waals surface area contributed by atoms with Crippen LogP contribution in [-0.4, -0.2) is 18.6 Å². The van der Waals surface area contributed by atoms with Gasteiger partial charge in [0.1, 0.15) is 5.15 Å². The van der Waals surface area contributed by atoms with Gasteiger partial charge in [0.2, 0.25) is 0 Å². The molecule has 0 saturated carbocycles. The van der Waals surface area contributed by atoms with Gasteiger partial charge in [-0.2, -0.15) is 0 Å². The lowest BCUT2D eigenvalue weighted by atomic mass is 10.3. The fourth-order valence-corrected chi connectivity index (χ4v) is 1.85. The standard InChI is InChI=1S/C8H13ClN2S/c1-3-4-5-11(2)8-10-7(9)6-12-8/h6H,3-5H2,1-2H3. The van der Waals surface area contributed by atoms with Crippen LogP contribution in [-0.2, 0) is 0 Å². The summed E-state index contributed by atoms with van der Waals surface area (Å²) in [5, 5.41) is 3.46. The fourth-order valence-electron chi connectivity index (χ4n) is 0.912. The first-order chi connectivity index (χ1) is 5.74. The van der Waals surface area contributed by atoms with Crippen molar-refractivity contribution in [3.8, 4) is 0 Å². The van der Waals surface area contributed by atoms with Crippen LogP contribution in [0.4, 0.5) is 5.13 Å². The number of nitrogens with zero attached hydrogens (tertiary/aromatic N) is 2. The highest BCUT2D eigenvalue weighted by molar-refractivity contribution is 7.14. The summed E-state index contributed by atoms with van der Waals surface area (Å²) in [6, 6.07) is 0. The van der Waals surface area contributed by atoms with Gasteiger partial charge >= 0.3 is 0 Å². The van der Waals surface area contributed by atoms with Gasteiger partial charge in [-0.3, -0.25) is 0 Å². The van der Waals surface area contributed by atoms with Gasteiger partial charge in [0.05, 0.1) is 0 Å². The lowest BCUT2D eigenvalue weighted by Crippen LogP contribution is -2.17. The van der Waals surface area contributed by atoms with Crippen LogP contribution < -0.4 is 4.90 Å². The molecule has 0 saturated heterocycles. The lowest BCUT2D eigenvalue weighted by molar-refractivity contribution is 0.765. The van der Waals surface area contributed by atoms with Gasteiger partial charge in [-0.05, 0) is 6.42 Å². The first-order valence-electron chi connectivity index (χ1n) is 4.06. The summed E-state index contributed by atoms with van der Waals surface area (Å²) in [4.78, 5) is 6.31. The molecule has 1 heterocycles. The second-order valence-corrected chi connectivity index (χ2v) is 3.95. The fraction of sp³-hybridized carbons (Fsp3) is 0.625. The van der Waals surface area contributed by atoms with Crippen LogP contribution in [0.3, 0.4) is 0 Å². The molecule has 0 atom stereocenters. The molecule has 4 heteroatoms. The average molecular weight is 205 g/mol. The number of halogens is 1. The Bertz CT molecular complexity index is 237. The van der Waals surface area contributed by atoms with E-state index in [-0.39, 0.29) is 0 Å². The summed E-state index contributed by atoms with van der Waals surface area (Å²) in [7, 11) is 2.05. The summed E-state index contributed by atoms with van der Waals surface area (Å²) in [6.07, 6.45) is 2.41. The smallest absolute Gasteiger partial charge is 0.186 e. The predicted molar refractivity (Wildman–Crippen MR) is 55.3 cm³/mol. The van der Waals surface area contributed by atoms with Crippen LogP contribution in [0.5, 0.6) is 0 Å². The molecule has 0 fully saturated rings. The summed E-state index contributed by atoms with van der Waals surface area (Å²) >= 11 is 7.30. The molecular formula is C8H13ClN2S. The molecule has 0 unspecified atom stereocenters. The summed E-state index contributed by atoms with van der Waals surface area (Å²) < 4.78 is 0. The molecule has 0 radical (unpaired) electrons. The number of hydrogen-bond acceptors (Lipinski definition) is 3. The van der Waals surface area contributed by atoms with Gasteiger partial charge in [-0.25, -0.2) is 4.98 Å². The number of unbranched alkanes of at least 4 members (excludes halogenated alkanes) is 1. The van der Waals surface area contributed by atoms with Crippen LogP contribution >= 0.6 is 22.9 Å². The molecule has 1 aromatic heterocycles. The summed E-state index contributed by atoms with van der Waals surface area (Å²) in [5.74, 6) is 0. The van der Waals surface area contributed by atoms with Crippen molar-refractivity contribution in [1.82, 2.24) is 4.98 Å². The average Bonchev–Trinajstić information content (AvgIpc) is 2.47. The van der Waals surface area contributed by atoms with E-state index in [0.29, 0.717) is 5.15 Å². The van der Waals surface area contributed by atoms with Crippen LogP contribution in [0, 0.1) is 0 Å². The van der Waals surface area contributed by atoms with E-state index in [0.717, 1.165) is 11.7 Å². The van der Waals surface area contributed by atoms with E-state index in [1.54, 1.807) is 11.3 Å². The molecule has 0 aromatic carbocycles. The van der Waals surface area contributed by atoms with Crippen molar-refractivity contribution in [3.63, 3.8) is 0 Å². The van der Waals surface area contributed by atoms with Crippen molar-refractivity contribution in [2.24, 2.45) is 0 Å². The third-order valence-corrected chi connectivity index (χ3v) is 2.92. The molecule has 68 valence electrons. The molecular weight excluding hydrogens is 192 g/mol. The molecule has 0 bridgehead atoms. The van der Waals surface area contributed by atoms with Gasteiger partial charge in [0.25, 0.3) is 0 Å². The second-order valence-electron chi connectivity index (χ2n) is 2.73. The Morgan fingerprint density at radius 3 is 2.92 bits per heavy atom. The topological polar surface area (TPSA) is 16.1 Å². The first-order valence-corrected chi connectivity index (χ1v) is 5.32. The van der Waals surface area contributed by atoms with Gasteiger partial charge in [-0.15, -0.1) is 11.3 Å². The van der Waals surface area contributed by atoms with Crippen molar-refractivity contribution >= 4 is 28.1 Å². The Kier molecular flexibility index (Phi) is 3.82. The summed E-state index contributed by atoms with van der Waals surface area (Å²) in [5.41, 5.74) is 0. The minimum Gasteiger partial charge on any atom is -0.351 e. The normalized spacial score (nSPS) is 10.2. The summed E-state index contributed by atoms with van der Waals surface area (Å²) in [6.45, 7) is 3.24. The third-order valence-electron chi connectivity index (χ3n) is 1.64. The molecule has 0 aliphatic heterocycles. The van der Waals surface area contributed by atoms with Crippen molar-refractivity contribution in [2.75, 3.05) is 18.5 Å². The van der Waals surface area contributed by atoms with Crippen LogP contribution in [0.2, 0.25) is 5.15 Å². The molecule has 0 spiro atoms. The third kappa shape index (κ3) is 2.64. The first kappa shape index (κ1) is 9.81. The quantitative estimate of drug-likeness (QED) is 0.750.